The van der Waals surface area contributed by atoms with Crippen LogP contribution in [-0.4, -0.2) is 4.98 Å². The van der Waals surface area contributed by atoms with E-state index < -0.39 is 17.2 Å². The second-order valence-corrected chi connectivity index (χ2v) is 3.32. The summed E-state index contributed by atoms with van der Waals surface area (Å²) >= 11 is 0. The molecule has 0 saturated carbocycles. The van der Waals surface area contributed by atoms with Crippen LogP contribution >= 0.6 is 0 Å². The van der Waals surface area contributed by atoms with Crippen LogP contribution in [0.2, 0.25) is 0 Å². The van der Waals surface area contributed by atoms with Gasteiger partial charge in [-0.2, -0.15) is 5.26 Å². The molecule has 1 aromatic carbocycles. The van der Waals surface area contributed by atoms with Gasteiger partial charge in [0, 0.05) is 0 Å². The Morgan fingerprint density at radius 1 is 1.12 bits per heavy atom. The molecule has 0 saturated heterocycles. The first-order valence-electron chi connectivity index (χ1n) is 4.71. The van der Waals surface area contributed by atoms with E-state index in [9.17, 15) is 13.6 Å². The first kappa shape index (κ1) is 11.0. The van der Waals surface area contributed by atoms with Crippen LogP contribution in [-0.2, 0) is 0 Å². The van der Waals surface area contributed by atoms with Gasteiger partial charge in [0.25, 0.3) is 5.56 Å². The maximum atomic E-state index is 13.4. The highest BCUT2D eigenvalue weighted by atomic mass is 19.1. The molecule has 84 valence electrons. The highest BCUT2D eigenvalue weighted by Crippen LogP contribution is 2.23. The third kappa shape index (κ3) is 1.93. The maximum Gasteiger partial charge on any atom is 0.266 e. The highest BCUT2D eigenvalue weighted by Gasteiger charge is 2.12. The summed E-state index contributed by atoms with van der Waals surface area (Å²) in [5.41, 5.74) is -1.09. The molecule has 2 aromatic rings. The van der Waals surface area contributed by atoms with Crippen molar-refractivity contribution in [3.05, 3.63) is 57.9 Å². The smallest absolute Gasteiger partial charge is 0.266 e. The summed E-state index contributed by atoms with van der Waals surface area (Å²) in [5, 5.41) is 8.57. The van der Waals surface area contributed by atoms with Crippen molar-refractivity contribution >= 4 is 0 Å². The van der Waals surface area contributed by atoms with E-state index in [-0.39, 0.29) is 16.8 Å². The molecule has 0 atom stereocenters. The number of hydrogen-bond acceptors (Lipinski definition) is 2. The van der Waals surface area contributed by atoms with Crippen LogP contribution in [0, 0.1) is 23.0 Å². The first-order valence-corrected chi connectivity index (χ1v) is 4.71. The Hall–Kier alpha value is -2.48. The number of nitriles is 1. The average molecular weight is 232 g/mol. The first-order chi connectivity index (χ1) is 8.13. The van der Waals surface area contributed by atoms with Gasteiger partial charge in [0.15, 0.2) is 0 Å². The molecule has 1 aromatic heterocycles. The fourth-order valence-electron chi connectivity index (χ4n) is 1.46. The number of halogens is 2. The molecule has 0 spiro atoms. The molecule has 0 aliphatic carbocycles. The minimum absolute atomic E-state index is 0.00426. The Morgan fingerprint density at radius 3 is 2.29 bits per heavy atom. The summed E-state index contributed by atoms with van der Waals surface area (Å²) in [6, 6.07) is 7.60. The van der Waals surface area contributed by atoms with Crippen LogP contribution < -0.4 is 5.56 Å². The van der Waals surface area contributed by atoms with Gasteiger partial charge < -0.3 is 4.98 Å². The lowest BCUT2D eigenvalue weighted by molar-refractivity contribution is 0.588. The summed E-state index contributed by atoms with van der Waals surface area (Å²) in [7, 11) is 0. The molecular formula is C12H6F2N2O. The highest BCUT2D eigenvalue weighted by molar-refractivity contribution is 5.61. The summed E-state index contributed by atoms with van der Waals surface area (Å²) in [6.45, 7) is 0. The number of aromatic amines is 1. The fourth-order valence-corrected chi connectivity index (χ4v) is 1.46. The predicted molar refractivity (Wildman–Crippen MR) is 57.1 cm³/mol. The fraction of sp³-hybridized carbons (Fsp3) is 0. The SMILES string of the molecule is N#Cc1ccc(-c2c(F)cccc2F)[nH]c1=O. The molecule has 17 heavy (non-hydrogen) atoms. The maximum absolute atomic E-state index is 13.4. The molecule has 5 heteroatoms. The molecular weight excluding hydrogens is 226 g/mol. The van der Waals surface area contributed by atoms with Gasteiger partial charge in [0.2, 0.25) is 0 Å². The minimum atomic E-state index is -0.773. The molecule has 0 amide bonds. The van der Waals surface area contributed by atoms with Gasteiger partial charge in [-0.05, 0) is 24.3 Å². The molecule has 0 unspecified atom stereocenters. The van der Waals surface area contributed by atoms with Crippen molar-refractivity contribution in [1.29, 1.82) is 5.26 Å². The number of nitrogens with zero attached hydrogens (tertiary/aromatic N) is 1. The van der Waals surface area contributed by atoms with Crippen molar-refractivity contribution in [2.45, 2.75) is 0 Å². The third-order valence-electron chi connectivity index (χ3n) is 2.26. The van der Waals surface area contributed by atoms with Crippen molar-refractivity contribution in [3.63, 3.8) is 0 Å². The Bertz CT molecular complexity index is 651. The number of hydrogen-bond donors (Lipinski definition) is 1. The zero-order valence-electron chi connectivity index (χ0n) is 8.50. The normalized spacial score (nSPS) is 9.94. The summed E-state index contributed by atoms with van der Waals surface area (Å²) in [5.74, 6) is -1.55. The van der Waals surface area contributed by atoms with Gasteiger partial charge in [-0.1, -0.05) is 6.07 Å². The van der Waals surface area contributed by atoms with Crippen LogP contribution in [0.15, 0.2) is 35.1 Å². The minimum Gasteiger partial charge on any atom is -0.321 e. The van der Waals surface area contributed by atoms with Gasteiger partial charge in [-0.3, -0.25) is 4.79 Å². The van der Waals surface area contributed by atoms with Gasteiger partial charge in [0.1, 0.15) is 23.3 Å². The second-order valence-electron chi connectivity index (χ2n) is 3.32. The Labute approximate surface area is 95.0 Å². The van der Waals surface area contributed by atoms with E-state index >= 15 is 0 Å². The zero-order valence-corrected chi connectivity index (χ0v) is 8.50. The largest absolute Gasteiger partial charge is 0.321 e. The number of H-pyrrole nitrogens is 1. The summed E-state index contributed by atoms with van der Waals surface area (Å²) < 4.78 is 26.8. The summed E-state index contributed by atoms with van der Waals surface area (Å²) in [6.07, 6.45) is 0. The molecule has 0 fully saturated rings. The van der Waals surface area contributed by atoms with Crippen molar-refractivity contribution < 1.29 is 8.78 Å². The number of aromatic nitrogens is 1. The van der Waals surface area contributed by atoms with E-state index in [1.807, 2.05) is 0 Å². The zero-order chi connectivity index (χ0) is 12.4. The quantitative estimate of drug-likeness (QED) is 0.819. The van der Waals surface area contributed by atoms with Crippen LogP contribution in [0.5, 0.6) is 0 Å². The van der Waals surface area contributed by atoms with Crippen molar-refractivity contribution in [3.8, 4) is 17.3 Å². The van der Waals surface area contributed by atoms with Crippen molar-refractivity contribution in [2.75, 3.05) is 0 Å². The lowest BCUT2D eigenvalue weighted by atomic mass is 10.1. The molecule has 0 aliphatic rings. The average Bonchev–Trinajstić information content (AvgIpc) is 2.29. The predicted octanol–water partition coefficient (Wildman–Crippen LogP) is 2.19. The van der Waals surface area contributed by atoms with Crippen LogP contribution in [0.3, 0.4) is 0 Å². The van der Waals surface area contributed by atoms with Gasteiger partial charge in [-0.25, -0.2) is 8.78 Å². The van der Waals surface area contributed by atoms with E-state index in [4.69, 9.17) is 5.26 Å². The van der Waals surface area contributed by atoms with E-state index in [1.54, 1.807) is 6.07 Å². The standard InChI is InChI=1S/C12H6F2N2O/c13-8-2-1-3-9(14)11(8)10-5-4-7(6-15)12(17)16-10/h1-5H,(H,16,17). The van der Waals surface area contributed by atoms with Crippen molar-refractivity contribution in [2.24, 2.45) is 0 Å². The molecule has 0 bridgehead atoms. The monoisotopic (exact) mass is 232 g/mol. The molecule has 1 heterocycles. The number of benzene rings is 1. The summed E-state index contributed by atoms with van der Waals surface area (Å²) in [4.78, 5) is 13.6. The van der Waals surface area contributed by atoms with Gasteiger partial charge in [0.05, 0.1) is 11.3 Å². The van der Waals surface area contributed by atoms with Crippen LogP contribution in [0.4, 0.5) is 8.78 Å². The molecule has 0 radical (unpaired) electrons. The topological polar surface area (TPSA) is 56.6 Å². The molecule has 3 nitrogen and oxygen atoms in total. The number of rotatable bonds is 1. The molecule has 0 aliphatic heterocycles. The van der Waals surface area contributed by atoms with Gasteiger partial charge in [-0.15, -0.1) is 0 Å². The molecule has 2 rings (SSSR count). The lowest BCUT2D eigenvalue weighted by Crippen LogP contribution is -2.11. The van der Waals surface area contributed by atoms with E-state index in [0.717, 1.165) is 12.1 Å². The number of pyridine rings is 1. The van der Waals surface area contributed by atoms with E-state index in [1.165, 1.54) is 18.2 Å². The van der Waals surface area contributed by atoms with E-state index in [2.05, 4.69) is 4.98 Å². The lowest BCUT2D eigenvalue weighted by Gasteiger charge is -2.04. The Balaban J connectivity index is 2.67. The van der Waals surface area contributed by atoms with Gasteiger partial charge >= 0.3 is 0 Å². The van der Waals surface area contributed by atoms with Crippen LogP contribution in [0.25, 0.3) is 11.3 Å². The second kappa shape index (κ2) is 4.18. The van der Waals surface area contributed by atoms with E-state index in [0.29, 0.717) is 0 Å². The number of nitrogens with one attached hydrogen (secondary N) is 1. The van der Waals surface area contributed by atoms with Crippen LogP contribution in [0.1, 0.15) is 5.56 Å². The third-order valence-corrected chi connectivity index (χ3v) is 2.26. The Kier molecular flexibility index (Phi) is 2.71. The van der Waals surface area contributed by atoms with Crippen molar-refractivity contribution in [1.82, 2.24) is 4.98 Å². The Morgan fingerprint density at radius 2 is 1.76 bits per heavy atom. The molecule has 1 N–H and O–H groups in total.